The monoisotopic (exact) mass is 341 g/mol. The van der Waals surface area contributed by atoms with Crippen LogP contribution in [0.25, 0.3) is 0 Å². The molecule has 2 aliphatic heterocycles. The quantitative estimate of drug-likeness (QED) is 0.868. The maximum absolute atomic E-state index is 12.5. The normalized spacial score (nSPS) is 28.2. The van der Waals surface area contributed by atoms with Crippen LogP contribution in [0.1, 0.15) is 31.4 Å². The molecule has 1 aromatic heterocycles. The molecule has 1 saturated carbocycles. The number of nitrogens with one attached hydrogen (secondary N) is 1. The van der Waals surface area contributed by atoms with E-state index < -0.39 is 17.0 Å². The van der Waals surface area contributed by atoms with Gasteiger partial charge in [0.15, 0.2) is 0 Å². The van der Waals surface area contributed by atoms with E-state index in [-0.39, 0.29) is 31.4 Å². The molecule has 5 rings (SSSR count). The van der Waals surface area contributed by atoms with Crippen LogP contribution in [0.15, 0.2) is 42.7 Å². The smallest absolute Gasteiger partial charge is 0.312 e. The summed E-state index contributed by atoms with van der Waals surface area (Å²) in [5.41, 5.74) is -0.202. The van der Waals surface area contributed by atoms with E-state index in [4.69, 9.17) is 4.74 Å². The van der Waals surface area contributed by atoms with Crippen LogP contribution in [-0.4, -0.2) is 39.0 Å². The van der Waals surface area contributed by atoms with Crippen molar-refractivity contribution in [1.82, 2.24) is 9.78 Å². The summed E-state index contributed by atoms with van der Waals surface area (Å²) in [7, 11) is 0. The van der Waals surface area contributed by atoms with Crippen LogP contribution in [0.3, 0.4) is 0 Å². The second-order valence-electron chi connectivity index (χ2n) is 6.97. The molecule has 3 aliphatic rings. The van der Waals surface area contributed by atoms with E-state index in [9.17, 15) is 14.7 Å². The highest BCUT2D eigenvalue weighted by atomic mass is 16.5. The molecule has 25 heavy (non-hydrogen) atoms. The van der Waals surface area contributed by atoms with Crippen LogP contribution in [0.5, 0.6) is 0 Å². The van der Waals surface area contributed by atoms with Gasteiger partial charge in [-0.1, -0.05) is 30.3 Å². The summed E-state index contributed by atoms with van der Waals surface area (Å²) in [5, 5.41) is 16.4. The zero-order chi connectivity index (χ0) is 17.7. The fourth-order valence-electron chi connectivity index (χ4n) is 3.70. The van der Waals surface area contributed by atoms with Crippen LogP contribution in [0.2, 0.25) is 0 Å². The number of amides is 1. The number of aliphatic carboxylic acids is 1. The van der Waals surface area contributed by atoms with Crippen molar-refractivity contribution in [1.29, 1.82) is 0 Å². The second kappa shape index (κ2) is 5.42. The zero-order valence-corrected chi connectivity index (χ0v) is 13.8. The lowest BCUT2D eigenvalue weighted by molar-refractivity contribution is -0.156. The molecule has 3 fully saturated rings. The van der Waals surface area contributed by atoms with E-state index >= 15 is 0 Å². The summed E-state index contributed by atoms with van der Waals surface area (Å²) in [6.07, 6.45) is 3.82. The average Bonchev–Trinajstić information content (AvgIpc) is 3.28. The first-order valence-electron chi connectivity index (χ1n) is 8.22. The fourth-order valence-corrected chi connectivity index (χ4v) is 3.70. The van der Waals surface area contributed by atoms with Crippen molar-refractivity contribution in [2.45, 2.75) is 31.4 Å². The van der Waals surface area contributed by atoms with Crippen molar-refractivity contribution < 1.29 is 19.4 Å². The van der Waals surface area contributed by atoms with Gasteiger partial charge in [0.1, 0.15) is 5.60 Å². The van der Waals surface area contributed by atoms with Gasteiger partial charge in [0.25, 0.3) is 5.91 Å². The second-order valence-corrected chi connectivity index (χ2v) is 6.97. The van der Waals surface area contributed by atoms with Crippen LogP contribution in [0.4, 0.5) is 5.69 Å². The highest BCUT2D eigenvalue weighted by Crippen LogP contribution is 2.58. The molecule has 1 aliphatic carbocycles. The van der Waals surface area contributed by atoms with Crippen molar-refractivity contribution in [3.8, 4) is 0 Å². The largest absolute Gasteiger partial charge is 0.481 e. The predicted octanol–water partition coefficient (Wildman–Crippen LogP) is 2.06. The summed E-state index contributed by atoms with van der Waals surface area (Å²) in [4.78, 5) is 23.8. The molecule has 2 aromatic rings. The molecule has 2 N–H and O–H groups in total. The Balaban J connectivity index is 1.44. The van der Waals surface area contributed by atoms with E-state index in [1.165, 1.54) is 0 Å². The average molecular weight is 341 g/mol. The van der Waals surface area contributed by atoms with Gasteiger partial charge in [-0.05, 0) is 12.5 Å². The highest BCUT2D eigenvalue weighted by molar-refractivity contribution is 6.00. The van der Waals surface area contributed by atoms with Crippen LogP contribution >= 0.6 is 0 Å². The number of carboxylic acid groups (broad SMARTS) is 1. The molecule has 7 nitrogen and oxygen atoms in total. The van der Waals surface area contributed by atoms with Gasteiger partial charge in [-0.2, -0.15) is 5.10 Å². The van der Waals surface area contributed by atoms with Crippen LogP contribution in [0, 0.1) is 5.41 Å². The molecule has 1 atom stereocenters. The first-order valence-corrected chi connectivity index (χ1v) is 8.22. The molecule has 2 saturated heterocycles. The van der Waals surface area contributed by atoms with Crippen molar-refractivity contribution >= 4 is 17.6 Å². The number of carbonyl (C=O) groups is 2. The number of carboxylic acids is 1. The number of rotatable bonds is 5. The lowest BCUT2D eigenvalue weighted by Gasteiger charge is -2.39. The fraction of sp³-hybridized carbons (Fsp3) is 0.389. The van der Waals surface area contributed by atoms with Crippen molar-refractivity contribution in [3.05, 3.63) is 48.3 Å². The summed E-state index contributed by atoms with van der Waals surface area (Å²) < 4.78 is 7.29. The predicted molar refractivity (Wildman–Crippen MR) is 89.1 cm³/mol. The van der Waals surface area contributed by atoms with Gasteiger partial charge < -0.3 is 15.2 Å². The lowest BCUT2D eigenvalue weighted by atomic mass is 9.62. The number of benzene rings is 1. The first kappa shape index (κ1) is 15.8. The molecule has 1 aromatic carbocycles. The minimum atomic E-state index is -1.01. The van der Waals surface area contributed by atoms with Gasteiger partial charge >= 0.3 is 5.97 Å². The van der Waals surface area contributed by atoms with Crippen molar-refractivity contribution in [2.24, 2.45) is 5.41 Å². The third-order valence-corrected chi connectivity index (χ3v) is 5.28. The van der Waals surface area contributed by atoms with E-state index in [1.54, 1.807) is 17.1 Å². The summed E-state index contributed by atoms with van der Waals surface area (Å²) in [6, 6.07) is 9.99. The topological polar surface area (TPSA) is 93.5 Å². The number of hydrogen-bond acceptors (Lipinski definition) is 4. The molecule has 1 amide bonds. The Morgan fingerprint density at radius 1 is 1.32 bits per heavy atom. The van der Waals surface area contributed by atoms with Crippen LogP contribution in [-0.2, 0) is 14.3 Å². The van der Waals surface area contributed by atoms with Crippen molar-refractivity contribution in [3.63, 3.8) is 0 Å². The summed E-state index contributed by atoms with van der Waals surface area (Å²) in [6.45, 7) is 2.12. The Morgan fingerprint density at radius 3 is 2.68 bits per heavy atom. The SMILES string of the molecule is CC(c1ccccc1)n1cc(NC(=O)C23CC(C(=O)O)(CO2)C3)cn1. The molecule has 0 spiro atoms. The molecule has 3 heterocycles. The van der Waals surface area contributed by atoms with Gasteiger partial charge in [-0.15, -0.1) is 0 Å². The van der Waals surface area contributed by atoms with Gasteiger partial charge in [0, 0.05) is 19.0 Å². The Morgan fingerprint density at radius 2 is 2.04 bits per heavy atom. The Kier molecular flexibility index (Phi) is 3.43. The maximum atomic E-state index is 12.5. The number of aromatic nitrogens is 2. The Bertz CT molecular complexity index is 824. The first-order chi connectivity index (χ1) is 11.9. The highest BCUT2D eigenvalue weighted by Gasteiger charge is 2.70. The molecule has 0 radical (unpaired) electrons. The molecule has 1 unspecified atom stereocenters. The number of nitrogens with zero attached hydrogens (tertiary/aromatic N) is 2. The van der Waals surface area contributed by atoms with E-state index in [2.05, 4.69) is 10.4 Å². The summed E-state index contributed by atoms with van der Waals surface area (Å²) in [5.74, 6) is -1.19. The number of carbonyl (C=O) groups excluding carboxylic acids is 1. The Hall–Kier alpha value is -2.67. The zero-order valence-electron chi connectivity index (χ0n) is 13.8. The minimum Gasteiger partial charge on any atom is -0.481 e. The van der Waals surface area contributed by atoms with E-state index in [0.29, 0.717) is 5.69 Å². The van der Waals surface area contributed by atoms with E-state index in [0.717, 1.165) is 5.56 Å². The maximum Gasteiger partial charge on any atom is 0.312 e. The third kappa shape index (κ3) is 2.42. The van der Waals surface area contributed by atoms with Crippen molar-refractivity contribution in [2.75, 3.05) is 11.9 Å². The molecular weight excluding hydrogens is 322 g/mol. The molecule has 7 heteroatoms. The van der Waals surface area contributed by atoms with Gasteiger partial charge in [0.2, 0.25) is 0 Å². The number of fused-ring (bicyclic) bond motifs is 1. The summed E-state index contributed by atoms with van der Waals surface area (Å²) >= 11 is 0. The van der Waals surface area contributed by atoms with Gasteiger partial charge in [0.05, 0.1) is 29.9 Å². The standard InChI is InChI=1S/C18H19N3O4/c1-12(13-5-3-2-4-6-13)21-8-14(7-19-21)20-15(22)18-9-17(10-18,11-25-18)16(23)24/h2-8,12H,9-11H2,1H3,(H,20,22)(H,23,24). The number of anilines is 1. The van der Waals surface area contributed by atoms with E-state index in [1.807, 2.05) is 37.3 Å². The number of ether oxygens (including phenoxy) is 1. The number of hydrogen-bond donors (Lipinski definition) is 2. The lowest BCUT2D eigenvalue weighted by Crippen LogP contribution is -2.55. The third-order valence-electron chi connectivity index (χ3n) is 5.28. The molecule has 2 bridgehead atoms. The Labute approximate surface area is 144 Å². The van der Waals surface area contributed by atoms with Gasteiger partial charge in [-0.3, -0.25) is 14.3 Å². The van der Waals surface area contributed by atoms with Crippen LogP contribution < -0.4 is 5.32 Å². The van der Waals surface area contributed by atoms with Gasteiger partial charge in [-0.25, -0.2) is 0 Å². The molecule has 130 valence electrons. The minimum absolute atomic E-state index is 0.0381. The molecular formula is C18H19N3O4.